The lowest BCUT2D eigenvalue weighted by atomic mass is 10.1. The normalized spacial score (nSPS) is 24.1. The van der Waals surface area contributed by atoms with Gasteiger partial charge in [0.2, 0.25) is 0 Å². The summed E-state index contributed by atoms with van der Waals surface area (Å²) in [5.41, 5.74) is 7.26. The molecule has 1 aromatic carbocycles. The van der Waals surface area contributed by atoms with Gasteiger partial charge in [0, 0.05) is 25.7 Å². The Morgan fingerprint density at radius 1 is 1.39 bits per heavy atom. The summed E-state index contributed by atoms with van der Waals surface area (Å²) in [7, 11) is 0. The van der Waals surface area contributed by atoms with Gasteiger partial charge < -0.3 is 10.5 Å². The predicted molar refractivity (Wildman–Crippen MR) is 69.8 cm³/mol. The van der Waals surface area contributed by atoms with Crippen LogP contribution in [0, 0.1) is 5.92 Å². The van der Waals surface area contributed by atoms with Crippen molar-refractivity contribution in [1.29, 1.82) is 0 Å². The SMILES string of the molecule is CCOC(=O)C1CN(Cc2ccccc2)CC1N. The van der Waals surface area contributed by atoms with Crippen LogP contribution in [0.5, 0.6) is 0 Å². The molecule has 4 nitrogen and oxygen atoms in total. The molecule has 0 spiro atoms. The van der Waals surface area contributed by atoms with Gasteiger partial charge in [-0.1, -0.05) is 30.3 Å². The van der Waals surface area contributed by atoms with Crippen LogP contribution < -0.4 is 5.73 Å². The number of likely N-dealkylation sites (tertiary alicyclic amines) is 1. The van der Waals surface area contributed by atoms with Gasteiger partial charge in [0.25, 0.3) is 0 Å². The molecular formula is C14H20N2O2. The quantitative estimate of drug-likeness (QED) is 0.808. The molecule has 0 aromatic heterocycles. The fourth-order valence-electron chi connectivity index (χ4n) is 2.38. The van der Waals surface area contributed by atoms with Gasteiger partial charge in [0.15, 0.2) is 0 Å². The monoisotopic (exact) mass is 248 g/mol. The van der Waals surface area contributed by atoms with E-state index in [2.05, 4.69) is 17.0 Å². The van der Waals surface area contributed by atoms with Crippen LogP contribution >= 0.6 is 0 Å². The van der Waals surface area contributed by atoms with E-state index >= 15 is 0 Å². The molecule has 1 aliphatic rings. The zero-order valence-corrected chi connectivity index (χ0v) is 10.7. The highest BCUT2D eigenvalue weighted by Gasteiger charge is 2.36. The van der Waals surface area contributed by atoms with Crippen LogP contribution in [0.4, 0.5) is 0 Å². The van der Waals surface area contributed by atoms with Crippen LogP contribution in [-0.4, -0.2) is 36.6 Å². The molecule has 0 amide bonds. The molecule has 2 rings (SSSR count). The van der Waals surface area contributed by atoms with Crippen LogP contribution in [0.2, 0.25) is 0 Å². The minimum Gasteiger partial charge on any atom is -0.466 e. The molecule has 18 heavy (non-hydrogen) atoms. The van der Waals surface area contributed by atoms with Crippen molar-refractivity contribution in [2.75, 3.05) is 19.7 Å². The Balaban J connectivity index is 1.92. The molecule has 1 aliphatic heterocycles. The summed E-state index contributed by atoms with van der Waals surface area (Å²) in [5.74, 6) is -0.353. The molecule has 0 aliphatic carbocycles. The molecule has 4 heteroatoms. The van der Waals surface area contributed by atoms with Crippen LogP contribution in [0.1, 0.15) is 12.5 Å². The van der Waals surface area contributed by atoms with Crippen molar-refractivity contribution in [1.82, 2.24) is 4.90 Å². The number of carbonyl (C=O) groups excluding carboxylic acids is 1. The molecule has 2 atom stereocenters. The molecule has 2 N–H and O–H groups in total. The summed E-state index contributed by atoms with van der Waals surface area (Å²) in [4.78, 5) is 13.9. The highest BCUT2D eigenvalue weighted by atomic mass is 16.5. The number of esters is 1. The third-order valence-corrected chi connectivity index (χ3v) is 3.28. The predicted octanol–water partition coefficient (Wildman–Crippen LogP) is 1.01. The van der Waals surface area contributed by atoms with Crippen molar-refractivity contribution in [2.45, 2.75) is 19.5 Å². The molecule has 2 unspecified atom stereocenters. The van der Waals surface area contributed by atoms with Crippen molar-refractivity contribution in [3.05, 3.63) is 35.9 Å². The maximum atomic E-state index is 11.7. The summed E-state index contributed by atoms with van der Waals surface area (Å²) in [6.07, 6.45) is 0. The first-order valence-corrected chi connectivity index (χ1v) is 6.39. The van der Waals surface area contributed by atoms with Crippen molar-refractivity contribution in [3.8, 4) is 0 Å². The average molecular weight is 248 g/mol. The van der Waals surface area contributed by atoms with E-state index in [1.165, 1.54) is 5.56 Å². The van der Waals surface area contributed by atoms with Gasteiger partial charge in [0.05, 0.1) is 12.5 Å². The first kappa shape index (κ1) is 13.1. The first-order chi connectivity index (χ1) is 8.70. The highest BCUT2D eigenvalue weighted by molar-refractivity contribution is 5.74. The van der Waals surface area contributed by atoms with Crippen molar-refractivity contribution in [2.24, 2.45) is 11.7 Å². The van der Waals surface area contributed by atoms with Gasteiger partial charge >= 0.3 is 5.97 Å². The second kappa shape index (κ2) is 5.98. The van der Waals surface area contributed by atoms with Crippen molar-refractivity contribution < 1.29 is 9.53 Å². The minimum absolute atomic E-state index is 0.118. The number of hydrogen-bond donors (Lipinski definition) is 1. The highest BCUT2D eigenvalue weighted by Crippen LogP contribution is 2.19. The Bertz CT molecular complexity index is 394. The molecule has 0 saturated carbocycles. The Kier molecular flexibility index (Phi) is 4.33. The van der Waals surface area contributed by atoms with E-state index in [4.69, 9.17) is 10.5 Å². The van der Waals surface area contributed by atoms with Crippen molar-refractivity contribution >= 4 is 5.97 Å². The molecule has 0 radical (unpaired) electrons. The van der Waals surface area contributed by atoms with E-state index in [1.54, 1.807) is 0 Å². The molecule has 1 fully saturated rings. The third kappa shape index (κ3) is 3.09. The summed E-state index contributed by atoms with van der Waals surface area (Å²) in [5, 5.41) is 0. The van der Waals surface area contributed by atoms with E-state index in [1.807, 2.05) is 25.1 Å². The van der Waals surface area contributed by atoms with Crippen LogP contribution in [0.25, 0.3) is 0 Å². The van der Waals surface area contributed by atoms with Gasteiger partial charge in [-0.3, -0.25) is 9.69 Å². The number of ether oxygens (including phenoxy) is 1. The zero-order chi connectivity index (χ0) is 13.0. The third-order valence-electron chi connectivity index (χ3n) is 3.28. The van der Waals surface area contributed by atoms with E-state index in [0.717, 1.165) is 13.1 Å². The maximum absolute atomic E-state index is 11.7. The van der Waals surface area contributed by atoms with E-state index < -0.39 is 0 Å². The molecule has 98 valence electrons. The Hall–Kier alpha value is -1.39. The van der Waals surface area contributed by atoms with Gasteiger partial charge in [-0.15, -0.1) is 0 Å². The summed E-state index contributed by atoms with van der Waals surface area (Å²) in [6.45, 7) is 4.51. The molecule has 1 saturated heterocycles. The van der Waals surface area contributed by atoms with Crippen LogP contribution in [0.15, 0.2) is 30.3 Å². The summed E-state index contributed by atoms with van der Waals surface area (Å²) < 4.78 is 5.05. The number of nitrogens with two attached hydrogens (primary N) is 1. The van der Waals surface area contributed by atoms with Crippen LogP contribution in [-0.2, 0) is 16.1 Å². The second-order valence-electron chi connectivity index (χ2n) is 4.70. The van der Waals surface area contributed by atoms with Crippen LogP contribution in [0.3, 0.4) is 0 Å². The lowest BCUT2D eigenvalue weighted by Gasteiger charge is -2.15. The van der Waals surface area contributed by atoms with Gasteiger partial charge in [-0.25, -0.2) is 0 Å². The van der Waals surface area contributed by atoms with Gasteiger partial charge in [0.1, 0.15) is 0 Å². The maximum Gasteiger partial charge on any atom is 0.311 e. The number of carbonyl (C=O) groups is 1. The minimum atomic E-state index is -0.186. The first-order valence-electron chi connectivity index (χ1n) is 6.39. The van der Waals surface area contributed by atoms with Crippen molar-refractivity contribution in [3.63, 3.8) is 0 Å². The summed E-state index contributed by atoms with van der Waals surface area (Å²) >= 11 is 0. The van der Waals surface area contributed by atoms with Gasteiger partial charge in [-0.05, 0) is 12.5 Å². The Labute approximate surface area is 108 Å². The topological polar surface area (TPSA) is 55.6 Å². The smallest absolute Gasteiger partial charge is 0.311 e. The lowest BCUT2D eigenvalue weighted by Crippen LogP contribution is -2.35. The number of hydrogen-bond acceptors (Lipinski definition) is 4. The van der Waals surface area contributed by atoms with E-state index in [-0.39, 0.29) is 17.9 Å². The fourth-order valence-corrected chi connectivity index (χ4v) is 2.38. The summed E-state index contributed by atoms with van der Waals surface area (Å²) in [6, 6.07) is 10.1. The second-order valence-corrected chi connectivity index (χ2v) is 4.70. The Morgan fingerprint density at radius 2 is 2.11 bits per heavy atom. The molecule has 1 heterocycles. The van der Waals surface area contributed by atoms with E-state index in [9.17, 15) is 4.79 Å². The number of rotatable bonds is 4. The molecular weight excluding hydrogens is 228 g/mol. The average Bonchev–Trinajstić information content (AvgIpc) is 2.72. The number of benzene rings is 1. The standard InChI is InChI=1S/C14H20N2O2/c1-2-18-14(17)12-9-16(10-13(12)15)8-11-6-4-3-5-7-11/h3-7,12-13H,2,8-10,15H2,1H3. The Morgan fingerprint density at radius 3 is 2.78 bits per heavy atom. The lowest BCUT2D eigenvalue weighted by molar-refractivity contribution is -0.147. The number of nitrogens with zero attached hydrogens (tertiary/aromatic N) is 1. The largest absolute Gasteiger partial charge is 0.466 e. The molecule has 1 aromatic rings. The van der Waals surface area contributed by atoms with E-state index in [0.29, 0.717) is 13.2 Å². The van der Waals surface area contributed by atoms with Gasteiger partial charge in [-0.2, -0.15) is 0 Å². The fraction of sp³-hybridized carbons (Fsp3) is 0.500. The molecule has 0 bridgehead atoms. The zero-order valence-electron chi connectivity index (χ0n) is 10.7.